The molecule has 96 valence electrons. The van der Waals surface area contributed by atoms with Gasteiger partial charge in [-0.2, -0.15) is 0 Å². The summed E-state index contributed by atoms with van der Waals surface area (Å²) in [6.07, 6.45) is 5.44. The molecule has 1 aromatic heterocycles. The lowest BCUT2D eigenvalue weighted by Gasteiger charge is -2.20. The summed E-state index contributed by atoms with van der Waals surface area (Å²) in [6.45, 7) is 1.69. The predicted octanol–water partition coefficient (Wildman–Crippen LogP) is 2.08. The van der Waals surface area contributed by atoms with Crippen LogP contribution in [0.3, 0.4) is 0 Å². The van der Waals surface area contributed by atoms with E-state index in [0.29, 0.717) is 11.5 Å². The van der Waals surface area contributed by atoms with Crippen LogP contribution in [-0.4, -0.2) is 22.6 Å². The van der Waals surface area contributed by atoms with Gasteiger partial charge in [-0.15, -0.1) is 0 Å². The van der Waals surface area contributed by atoms with E-state index in [1.165, 1.54) is 12.8 Å². The Kier molecular flexibility index (Phi) is 3.04. The standard InChI is InChI=1S/C14H18N2O2/c17-14(18)11-7-10-5-6-15-8-12(10)16-13(11)9-3-1-2-4-9/h7,9,15H,1-6,8H2,(H,17,18). The molecule has 1 saturated carbocycles. The zero-order valence-corrected chi connectivity index (χ0v) is 10.4. The van der Waals surface area contributed by atoms with Crippen LogP contribution in [0.4, 0.5) is 0 Å². The number of aromatic nitrogens is 1. The summed E-state index contributed by atoms with van der Waals surface area (Å²) in [5.41, 5.74) is 3.41. The number of nitrogens with zero attached hydrogens (tertiary/aromatic N) is 1. The van der Waals surface area contributed by atoms with E-state index in [9.17, 15) is 9.90 Å². The fourth-order valence-corrected chi connectivity index (χ4v) is 3.09. The average molecular weight is 246 g/mol. The van der Waals surface area contributed by atoms with Crippen molar-refractivity contribution in [1.82, 2.24) is 10.3 Å². The highest BCUT2D eigenvalue weighted by Gasteiger charge is 2.26. The fraction of sp³-hybridized carbons (Fsp3) is 0.571. The van der Waals surface area contributed by atoms with Crippen LogP contribution < -0.4 is 5.32 Å². The molecule has 0 amide bonds. The average Bonchev–Trinajstić information content (AvgIpc) is 2.91. The van der Waals surface area contributed by atoms with Crippen LogP contribution in [0.25, 0.3) is 0 Å². The molecular formula is C14H18N2O2. The van der Waals surface area contributed by atoms with Crippen molar-refractivity contribution in [3.05, 3.63) is 28.6 Å². The number of rotatable bonds is 2. The van der Waals surface area contributed by atoms with Gasteiger partial charge in [0.15, 0.2) is 0 Å². The Morgan fingerprint density at radius 2 is 2.17 bits per heavy atom. The quantitative estimate of drug-likeness (QED) is 0.838. The van der Waals surface area contributed by atoms with Gasteiger partial charge in [0.1, 0.15) is 0 Å². The summed E-state index contributed by atoms with van der Waals surface area (Å²) >= 11 is 0. The van der Waals surface area contributed by atoms with Crippen LogP contribution in [0.15, 0.2) is 6.07 Å². The van der Waals surface area contributed by atoms with E-state index >= 15 is 0 Å². The zero-order chi connectivity index (χ0) is 12.5. The van der Waals surface area contributed by atoms with Gasteiger partial charge >= 0.3 is 5.97 Å². The Bertz CT molecular complexity index is 479. The summed E-state index contributed by atoms with van der Waals surface area (Å²) in [5.74, 6) is -0.478. The number of pyridine rings is 1. The molecule has 0 radical (unpaired) electrons. The number of carbonyl (C=O) groups is 1. The first-order chi connectivity index (χ1) is 8.75. The minimum atomic E-state index is -0.828. The second-order valence-corrected chi connectivity index (χ2v) is 5.24. The molecule has 1 aliphatic heterocycles. The highest BCUT2D eigenvalue weighted by molar-refractivity contribution is 5.89. The van der Waals surface area contributed by atoms with Gasteiger partial charge in [0.05, 0.1) is 17.0 Å². The Balaban J connectivity index is 2.06. The molecule has 18 heavy (non-hydrogen) atoms. The number of carboxylic acid groups (broad SMARTS) is 1. The van der Waals surface area contributed by atoms with Crippen LogP contribution in [0, 0.1) is 0 Å². The molecule has 1 fully saturated rings. The topological polar surface area (TPSA) is 62.2 Å². The molecule has 4 heteroatoms. The highest BCUT2D eigenvalue weighted by Crippen LogP contribution is 2.35. The Morgan fingerprint density at radius 1 is 1.39 bits per heavy atom. The maximum Gasteiger partial charge on any atom is 0.337 e. The largest absolute Gasteiger partial charge is 0.478 e. The number of hydrogen-bond donors (Lipinski definition) is 2. The fourth-order valence-electron chi connectivity index (χ4n) is 3.09. The first-order valence-corrected chi connectivity index (χ1v) is 6.72. The second kappa shape index (κ2) is 4.69. The molecule has 0 aromatic carbocycles. The smallest absolute Gasteiger partial charge is 0.337 e. The molecule has 1 aromatic rings. The van der Waals surface area contributed by atoms with E-state index in [1.807, 2.05) is 6.07 Å². The molecule has 0 unspecified atom stereocenters. The van der Waals surface area contributed by atoms with E-state index in [4.69, 9.17) is 0 Å². The minimum Gasteiger partial charge on any atom is -0.478 e. The monoisotopic (exact) mass is 246 g/mol. The van der Waals surface area contributed by atoms with Gasteiger partial charge in [0.25, 0.3) is 0 Å². The molecule has 3 rings (SSSR count). The third kappa shape index (κ3) is 2.01. The molecule has 0 spiro atoms. The van der Waals surface area contributed by atoms with Crippen LogP contribution >= 0.6 is 0 Å². The maximum atomic E-state index is 11.4. The van der Waals surface area contributed by atoms with Crippen LogP contribution in [-0.2, 0) is 13.0 Å². The lowest BCUT2D eigenvalue weighted by Crippen LogP contribution is -2.26. The molecule has 0 saturated heterocycles. The van der Waals surface area contributed by atoms with Gasteiger partial charge in [0.2, 0.25) is 0 Å². The van der Waals surface area contributed by atoms with Crippen molar-refractivity contribution < 1.29 is 9.90 Å². The minimum absolute atomic E-state index is 0.350. The van der Waals surface area contributed by atoms with E-state index in [0.717, 1.165) is 49.3 Å². The molecule has 2 aliphatic rings. The van der Waals surface area contributed by atoms with Crippen molar-refractivity contribution in [3.63, 3.8) is 0 Å². The van der Waals surface area contributed by atoms with Crippen LogP contribution in [0.5, 0.6) is 0 Å². The number of aromatic carboxylic acids is 1. The lowest BCUT2D eigenvalue weighted by atomic mass is 9.94. The van der Waals surface area contributed by atoms with E-state index in [2.05, 4.69) is 10.3 Å². The summed E-state index contributed by atoms with van der Waals surface area (Å²) in [7, 11) is 0. The van der Waals surface area contributed by atoms with E-state index in [1.54, 1.807) is 0 Å². The predicted molar refractivity (Wildman–Crippen MR) is 67.8 cm³/mol. The maximum absolute atomic E-state index is 11.4. The van der Waals surface area contributed by atoms with Crippen LogP contribution in [0.1, 0.15) is 58.9 Å². The van der Waals surface area contributed by atoms with Crippen molar-refractivity contribution in [3.8, 4) is 0 Å². The first kappa shape index (κ1) is 11.7. The van der Waals surface area contributed by atoms with Crippen molar-refractivity contribution >= 4 is 5.97 Å². The second-order valence-electron chi connectivity index (χ2n) is 5.24. The number of fused-ring (bicyclic) bond motifs is 1. The highest BCUT2D eigenvalue weighted by atomic mass is 16.4. The van der Waals surface area contributed by atoms with Gasteiger partial charge in [-0.1, -0.05) is 12.8 Å². The van der Waals surface area contributed by atoms with Crippen molar-refractivity contribution in [2.24, 2.45) is 0 Å². The van der Waals surface area contributed by atoms with Gasteiger partial charge in [0, 0.05) is 12.5 Å². The summed E-state index contributed by atoms with van der Waals surface area (Å²) < 4.78 is 0. The summed E-state index contributed by atoms with van der Waals surface area (Å²) in [6, 6.07) is 1.86. The lowest BCUT2D eigenvalue weighted by molar-refractivity contribution is 0.0694. The number of nitrogens with one attached hydrogen (secondary N) is 1. The molecule has 2 heterocycles. The Labute approximate surface area is 106 Å². The van der Waals surface area contributed by atoms with Gasteiger partial charge in [-0.3, -0.25) is 4.98 Å². The van der Waals surface area contributed by atoms with Crippen LogP contribution in [0.2, 0.25) is 0 Å². The Morgan fingerprint density at radius 3 is 2.89 bits per heavy atom. The Hall–Kier alpha value is -1.42. The van der Waals surface area contributed by atoms with Gasteiger partial charge in [-0.05, 0) is 37.4 Å². The van der Waals surface area contributed by atoms with Crippen molar-refractivity contribution in [2.45, 2.75) is 44.6 Å². The number of hydrogen-bond acceptors (Lipinski definition) is 3. The van der Waals surface area contributed by atoms with Gasteiger partial charge < -0.3 is 10.4 Å². The molecule has 4 nitrogen and oxygen atoms in total. The summed E-state index contributed by atoms with van der Waals surface area (Å²) in [5, 5.41) is 12.7. The molecule has 0 bridgehead atoms. The normalized spacial score (nSPS) is 19.8. The van der Waals surface area contributed by atoms with E-state index in [-0.39, 0.29) is 0 Å². The third-order valence-corrected chi connectivity index (χ3v) is 4.06. The number of carboxylic acids is 1. The molecule has 0 atom stereocenters. The van der Waals surface area contributed by atoms with Crippen molar-refractivity contribution in [2.75, 3.05) is 6.54 Å². The van der Waals surface area contributed by atoms with E-state index < -0.39 is 5.97 Å². The molecule has 2 N–H and O–H groups in total. The first-order valence-electron chi connectivity index (χ1n) is 6.72. The molecular weight excluding hydrogens is 228 g/mol. The summed E-state index contributed by atoms with van der Waals surface area (Å²) in [4.78, 5) is 16.1. The van der Waals surface area contributed by atoms with Gasteiger partial charge in [-0.25, -0.2) is 4.79 Å². The third-order valence-electron chi connectivity index (χ3n) is 4.06. The van der Waals surface area contributed by atoms with Crippen molar-refractivity contribution in [1.29, 1.82) is 0 Å². The molecule has 1 aliphatic carbocycles. The SMILES string of the molecule is O=C(O)c1cc2c(nc1C1CCCC1)CNCC2. The zero-order valence-electron chi connectivity index (χ0n) is 10.4.